The van der Waals surface area contributed by atoms with Crippen molar-refractivity contribution in [3.05, 3.63) is 92.6 Å². The molecule has 0 aliphatic rings. The van der Waals surface area contributed by atoms with E-state index in [0.29, 0.717) is 22.8 Å². The molecule has 0 saturated heterocycles. The number of benzene rings is 2. The quantitative estimate of drug-likeness (QED) is 0.454. The molecule has 0 fully saturated rings. The fourth-order valence-corrected chi connectivity index (χ4v) is 4.60. The zero-order chi connectivity index (χ0) is 23.0. The lowest BCUT2D eigenvalue weighted by atomic mass is 10.3. The van der Waals surface area contributed by atoms with Crippen molar-refractivity contribution in [1.82, 2.24) is 19.6 Å². The van der Waals surface area contributed by atoms with Crippen molar-refractivity contribution in [2.45, 2.75) is 18.7 Å². The molecule has 164 valence electrons. The van der Waals surface area contributed by atoms with E-state index in [9.17, 15) is 13.2 Å². The highest BCUT2D eigenvalue weighted by molar-refractivity contribution is 7.92. The number of aryl methyl sites for hydroxylation is 1. The average molecular weight is 490 g/mol. The minimum atomic E-state index is -3.91. The Balaban J connectivity index is 1.65. The maximum Gasteiger partial charge on any atom is 0.291 e. The van der Waals surface area contributed by atoms with E-state index in [1.807, 2.05) is 30.3 Å². The molecule has 32 heavy (non-hydrogen) atoms. The van der Waals surface area contributed by atoms with E-state index in [-0.39, 0.29) is 14.9 Å². The lowest BCUT2D eigenvalue weighted by molar-refractivity contribution is 0.601. The van der Waals surface area contributed by atoms with Gasteiger partial charge in [0.2, 0.25) is 0 Å². The third-order valence-corrected chi connectivity index (χ3v) is 6.91. The zero-order valence-corrected chi connectivity index (χ0v) is 19.3. The second kappa shape index (κ2) is 8.42. The smallest absolute Gasteiger partial charge is 0.276 e. The summed E-state index contributed by atoms with van der Waals surface area (Å²) >= 11 is 11.7. The number of aromatic nitrogens is 4. The van der Waals surface area contributed by atoms with Crippen LogP contribution in [-0.4, -0.2) is 28.0 Å². The van der Waals surface area contributed by atoms with E-state index >= 15 is 0 Å². The standard InChI is InChI=1S/C21H17Cl2N5O3S/c1-13-20(14(2)27(25-13)15-6-4-3-5-7-15)26-32(30,31)17-10-8-16(9-11-17)28-21(29)19(23)18(22)12-24-28/h3-12,26H,1-2H3. The Morgan fingerprint density at radius 1 is 0.906 bits per heavy atom. The Kier molecular flexibility index (Phi) is 5.81. The third-order valence-electron chi connectivity index (χ3n) is 4.80. The van der Waals surface area contributed by atoms with Crippen LogP contribution >= 0.6 is 23.2 Å². The SMILES string of the molecule is Cc1nn(-c2ccccc2)c(C)c1NS(=O)(=O)c1ccc(-n2ncc(Cl)c(Cl)c2=O)cc1. The van der Waals surface area contributed by atoms with Crippen LogP contribution in [-0.2, 0) is 10.0 Å². The monoisotopic (exact) mass is 489 g/mol. The van der Waals surface area contributed by atoms with Crippen molar-refractivity contribution in [2.24, 2.45) is 0 Å². The second-order valence-electron chi connectivity index (χ2n) is 6.92. The number of hydrogen-bond donors (Lipinski definition) is 1. The summed E-state index contributed by atoms with van der Waals surface area (Å²) in [7, 11) is -3.91. The van der Waals surface area contributed by atoms with Gasteiger partial charge in [-0.25, -0.2) is 13.1 Å². The van der Waals surface area contributed by atoms with Crippen LogP contribution in [0.1, 0.15) is 11.4 Å². The van der Waals surface area contributed by atoms with Crippen LogP contribution in [0.5, 0.6) is 0 Å². The molecule has 0 unspecified atom stereocenters. The fourth-order valence-electron chi connectivity index (χ4n) is 3.17. The molecule has 0 atom stereocenters. The molecule has 8 nitrogen and oxygen atoms in total. The summed E-state index contributed by atoms with van der Waals surface area (Å²) in [5.74, 6) is 0. The molecule has 1 N–H and O–H groups in total. The first kappa shape index (κ1) is 22.1. The van der Waals surface area contributed by atoms with Gasteiger partial charge < -0.3 is 0 Å². The molecule has 0 aliphatic carbocycles. The molecule has 11 heteroatoms. The number of halogens is 2. The van der Waals surface area contributed by atoms with Crippen molar-refractivity contribution >= 4 is 38.9 Å². The number of hydrogen-bond acceptors (Lipinski definition) is 5. The van der Waals surface area contributed by atoms with Crippen molar-refractivity contribution in [1.29, 1.82) is 0 Å². The molecule has 0 amide bonds. The number of sulfonamides is 1. The van der Waals surface area contributed by atoms with Crippen molar-refractivity contribution < 1.29 is 8.42 Å². The zero-order valence-electron chi connectivity index (χ0n) is 17.0. The summed E-state index contributed by atoms with van der Waals surface area (Å²) in [5, 5.41) is 8.27. The van der Waals surface area contributed by atoms with Gasteiger partial charge in [-0.05, 0) is 50.2 Å². The van der Waals surface area contributed by atoms with Crippen LogP contribution in [0, 0.1) is 13.8 Å². The molecule has 2 aromatic carbocycles. The van der Waals surface area contributed by atoms with Gasteiger partial charge in [-0.2, -0.15) is 14.9 Å². The summed E-state index contributed by atoms with van der Waals surface area (Å²) in [5.41, 5.74) is 2.16. The van der Waals surface area contributed by atoms with Crippen molar-refractivity contribution in [3.8, 4) is 11.4 Å². The van der Waals surface area contributed by atoms with Gasteiger partial charge in [0, 0.05) is 0 Å². The van der Waals surface area contributed by atoms with Crippen LogP contribution in [0.2, 0.25) is 10.0 Å². The summed E-state index contributed by atoms with van der Waals surface area (Å²) < 4.78 is 31.3. The van der Waals surface area contributed by atoms with Gasteiger partial charge in [0.05, 0.1) is 44.6 Å². The van der Waals surface area contributed by atoms with Gasteiger partial charge in [-0.15, -0.1) is 0 Å². The van der Waals surface area contributed by atoms with Crippen LogP contribution in [0.25, 0.3) is 11.4 Å². The van der Waals surface area contributed by atoms with Gasteiger partial charge in [0.15, 0.2) is 0 Å². The molecule has 4 rings (SSSR count). The normalized spacial score (nSPS) is 11.5. The first-order valence-electron chi connectivity index (χ1n) is 9.37. The van der Waals surface area contributed by atoms with Gasteiger partial charge in [0.1, 0.15) is 5.02 Å². The Bertz CT molecular complexity index is 1460. The number of para-hydroxylation sites is 1. The summed E-state index contributed by atoms with van der Waals surface area (Å²) in [6.45, 7) is 3.52. The largest absolute Gasteiger partial charge is 0.291 e. The van der Waals surface area contributed by atoms with E-state index in [2.05, 4.69) is 14.9 Å². The lowest BCUT2D eigenvalue weighted by Crippen LogP contribution is -2.21. The molecule has 0 bridgehead atoms. The van der Waals surface area contributed by atoms with E-state index in [1.54, 1.807) is 18.5 Å². The van der Waals surface area contributed by atoms with Crippen LogP contribution < -0.4 is 10.3 Å². The number of nitrogens with one attached hydrogen (secondary N) is 1. The highest BCUT2D eigenvalue weighted by atomic mass is 35.5. The van der Waals surface area contributed by atoms with E-state index in [1.165, 1.54) is 30.5 Å². The first-order chi connectivity index (χ1) is 15.2. The maximum absolute atomic E-state index is 13.0. The highest BCUT2D eigenvalue weighted by Gasteiger charge is 2.21. The van der Waals surface area contributed by atoms with E-state index < -0.39 is 15.6 Å². The van der Waals surface area contributed by atoms with E-state index in [4.69, 9.17) is 23.2 Å². The summed E-state index contributed by atoms with van der Waals surface area (Å²) in [4.78, 5) is 12.3. The predicted octanol–water partition coefficient (Wildman–Crippen LogP) is 4.14. The van der Waals surface area contributed by atoms with Crippen LogP contribution in [0.4, 0.5) is 5.69 Å². The van der Waals surface area contributed by atoms with Gasteiger partial charge in [-0.3, -0.25) is 9.52 Å². The van der Waals surface area contributed by atoms with Crippen molar-refractivity contribution in [3.63, 3.8) is 0 Å². The summed E-state index contributed by atoms with van der Waals surface area (Å²) in [6, 6.07) is 15.1. The molecule has 2 aromatic heterocycles. The molecule has 0 radical (unpaired) electrons. The summed E-state index contributed by atoms with van der Waals surface area (Å²) in [6.07, 6.45) is 1.24. The average Bonchev–Trinajstić information content (AvgIpc) is 3.06. The molecule has 0 saturated carbocycles. The molecular weight excluding hydrogens is 473 g/mol. The second-order valence-corrected chi connectivity index (χ2v) is 9.38. The Hall–Kier alpha value is -3.14. The minimum absolute atomic E-state index is 0.0145. The Morgan fingerprint density at radius 3 is 2.19 bits per heavy atom. The van der Waals surface area contributed by atoms with Crippen LogP contribution in [0.3, 0.4) is 0 Å². The Labute approximate surface area is 194 Å². The predicted molar refractivity (Wildman–Crippen MR) is 124 cm³/mol. The van der Waals surface area contributed by atoms with Gasteiger partial charge in [-0.1, -0.05) is 41.4 Å². The number of anilines is 1. The number of rotatable bonds is 5. The maximum atomic E-state index is 13.0. The van der Waals surface area contributed by atoms with Gasteiger partial charge in [0.25, 0.3) is 15.6 Å². The third kappa shape index (κ3) is 4.02. The topological polar surface area (TPSA) is 98.9 Å². The van der Waals surface area contributed by atoms with E-state index in [0.717, 1.165) is 10.4 Å². The molecular formula is C21H17Cl2N5O3S. The van der Waals surface area contributed by atoms with Gasteiger partial charge >= 0.3 is 0 Å². The highest BCUT2D eigenvalue weighted by Crippen LogP contribution is 2.26. The van der Waals surface area contributed by atoms with Crippen molar-refractivity contribution in [2.75, 3.05) is 4.72 Å². The first-order valence-corrected chi connectivity index (χ1v) is 11.6. The van der Waals surface area contributed by atoms with Crippen LogP contribution in [0.15, 0.2) is 70.5 Å². The molecule has 0 spiro atoms. The Morgan fingerprint density at radius 2 is 1.53 bits per heavy atom. The minimum Gasteiger partial charge on any atom is -0.276 e. The lowest BCUT2D eigenvalue weighted by Gasteiger charge is -2.10. The fraction of sp³-hybridized carbons (Fsp3) is 0.0952. The number of nitrogens with zero attached hydrogens (tertiary/aromatic N) is 4. The molecule has 4 aromatic rings. The molecule has 0 aliphatic heterocycles. The molecule has 2 heterocycles.